The maximum atomic E-state index is 12.9. The number of Topliss-reactive ketones (excluding diaryl/α,β-unsaturated/α-hetero) is 2. The number of nitrogens with zero attached hydrogens (tertiary/aromatic N) is 1. The molecule has 4 nitrogen and oxygen atoms in total. The second-order valence-corrected chi connectivity index (χ2v) is 9.05. The Morgan fingerprint density at radius 1 is 0.676 bits per heavy atom. The Hall–Kier alpha value is -3.27. The minimum atomic E-state index is -0.172. The van der Waals surface area contributed by atoms with Gasteiger partial charge in [-0.2, -0.15) is 4.57 Å². The summed E-state index contributed by atoms with van der Waals surface area (Å²) in [6, 6.07) is 19.9. The Balaban J connectivity index is 1.13. The number of ether oxygens (including phenoxy) is 1. The lowest BCUT2D eigenvalue weighted by molar-refractivity contribution is -0.671. The van der Waals surface area contributed by atoms with E-state index in [4.69, 9.17) is 4.74 Å². The third-order valence-electron chi connectivity index (χ3n) is 6.74. The molecule has 0 bridgehead atoms. The van der Waals surface area contributed by atoms with Crippen LogP contribution >= 0.6 is 0 Å². The van der Waals surface area contributed by atoms with Crippen LogP contribution in [0.4, 0.5) is 0 Å². The fourth-order valence-corrected chi connectivity index (χ4v) is 4.91. The SMILES string of the molecule is COC1=C(CCCCCCCCCC[n+]2cccc3ccccc32)C(=O)c2ccccc2C1=O. The zero-order valence-electron chi connectivity index (χ0n) is 20.1. The number of fused-ring (bicyclic) bond motifs is 2. The third kappa shape index (κ3) is 5.44. The molecule has 1 aromatic heterocycles. The number of unbranched alkanes of at least 4 members (excludes halogenated alkanes) is 7. The Bertz CT molecular complexity index is 1190. The minimum Gasteiger partial charge on any atom is -0.492 e. The molecule has 34 heavy (non-hydrogen) atoms. The van der Waals surface area contributed by atoms with E-state index in [1.54, 1.807) is 24.3 Å². The number of aryl methyl sites for hydroxylation is 1. The van der Waals surface area contributed by atoms with Crippen molar-refractivity contribution >= 4 is 22.5 Å². The van der Waals surface area contributed by atoms with Gasteiger partial charge in [0.2, 0.25) is 11.3 Å². The molecule has 0 radical (unpaired) electrons. The highest BCUT2D eigenvalue weighted by Gasteiger charge is 2.32. The summed E-state index contributed by atoms with van der Waals surface area (Å²) in [6.07, 6.45) is 12.1. The molecule has 3 aromatic rings. The van der Waals surface area contributed by atoms with Gasteiger partial charge in [-0.15, -0.1) is 0 Å². The van der Waals surface area contributed by atoms with Gasteiger partial charge in [0.05, 0.1) is 7.11 Å². The van der Waals surface area contributed by atoms with Crippen LogP contribution in [0.2, 0.25) is 0 Å². The molecule has 4 rings (SSSR count). The monoisotopic (exact) mass is 456 g/mol. The average Bonchev–Trinajstić information content (AvgIpc) is 2.88. The maximum Gasteiger partial charge on any atom is 0.228 e. The van der Waals surface area contributed by atoms with Gasteiger partial charge in [0.15, 0.2) is 17.7 Å². The van der Waals surface area contributed by atoms with E-state index in [0.717, 1.165) is 25.8 Å². The molecule has 4 heteroatoms. The van der Waals surface area contributed by atoms with Crippen molar-refractivity contribution in [2.75, 3.05) is 7.11 Å². The number of pyridine rings is 1. The van der Waals surface area contributed by atoms with E-state index < -0.39 is 0 Å². The predicted octanol–water partition coefficient (Wildman–Crippen LogP) is 6.62. The molecule has 0 unspecified atom stereocenters. The van der Waals surface area contributed by atoms with E-state index in [0.29, 0.717) is 23.1 Å². The summed E-state index contributed by atoms with van der Waals surface area (Å²) in [5.74, 6) is -0.00163. The maximum absolute atomic E-state index is 12.9. The topological polar surface area (TPSA) is 47.2 Å². The van der Waals surface area contributed by atoms with Crippen molar-refractivity contribution < 1.29 is 18.9 Å². The van der Waals surface area contributed by atoms with Crippen LogP contribution in [0.25, 0.3) is 10.9 Å². The van der Waals surface area contributed by atoms with Crippen LogP contribution in [-0.2, 0) is 11.3 Å². The lowest BCUT2D eigenvalue weighted by Gasteiger charge is -2.19. The molecule has 1 aliphatic carbocycles. The molecule has 0 atom stereocenters. The fraction of sp³-hybridized carbons (Fsp3) is 0.367. The summed E-state index contributed by atoms with van der Waals surface area (Å²) in [4.78, 5) is 25.6. The van der Waals surface area contributed by atoms with Gasteiger partial charge in [-0.25, -0.2) is 0 Å². The summed E-state index contributed by atoms with van der Waals surface area (Å²) >= 11 is 0. The molecule has 0 aliphatic heterocycles. The fourth-order valence-electron chi connectivity index (χ4n) is 4.91. The molecule has 0 saturated heterocycles. The first-order valence-corrected chi connectivity index (χ1v) is 12.5. The second-order valence-electron chi connectivity index (χ2n) is 9.05. The molecule has 1 heterocycles. The number of carbonyl (C=O) groups is 2. The first-order chi connectivity index (χ1) is 16.7. The predicted molar refractivity (Wildman–Crippen MR) is 135 cm³/mol. The summed E-state index contributed by atoms with van der Waals surface area (Å²) in [5, 5.41) is 1.29. The van der Waals surface area contributed by atoms with Crippen molar-refractivity contribution in [3.63, 3.8) is 0 Å². The largest absolute Gasteiger partial charge is 0.492 e. The first-order valence-electron chi connectivity index (χ1n) is 12.5. The van der Waals surface area contributed by atoms with Crippen molar-refractivity contribution in [1.82, 2.24) is 0 Å². The van der Waals surface area contributed by atoms with E-state index in [9.17, 15) is 9.59 Å². The first kappa shape index (κ1) is 23.9. The quantitative estimate of drug-likeness (QED) is 0.227. The molecule has 0 saturated carbocycles. The third-order valence-corrected chi connectivity index (χ3v) is 6.74. The smallest absolute Gasteiger partial charge is 0.228 e. The van der Waals surface area contributed by atoms with Crippen molar-refractivity contribution in [1.29, 1.82) is 0 Å². The Morgan fingerprint density at radius 3 is 2.00 bits per heavy atom. The number of methoxy groups -OCH3 is 1. The van der Waals surface area contributed by atoms with Gasteiger partial charge in [0.1, 0.15) is 6.54 Å². The van der Waals surface area contributed by atoms with E-state index in [1.807, 2.05) is 0 Å². The van der Waals surface area contributed by atoms with E-state index in [1.165, 1.54) is 50.1 Å². The molecular formula is C30H34NO3+. The van der Waals surface area contributed by atoms with Crippen LogP contribution < -0.4 is 4.57 Å². The van der Waals surface area contributed by atoms with Crippen LogP contribution in [-0.4, -0.2) is 18.7 Å². The lowest BCUT2D eigenvalue weighted by atomic mass is 9.86. The molecule has 0 amide bonds. The van der Waals surface area contributed by atoms with E-state index >= 15 is 0 Å². The van der Waals surface area contributed by atoms with Gasteiger partial charge in [0.25, 0.3) is 0 Å². The van der Waals surface area contributed by atoms with Gasteiger partial charge >= 0.3 is 0 Å². The number of para-hydroxylation sites is 1. The molecule has 1 aliphatic rings. The number of carbonyl (C=O) groups excluding carboxylic acids is 2. The summed E-state index contributed by atoms with van der Waals surface area (Å²) in [7, 11) is 1.48. The molecule has 0 N–H and O–H groups in total. The molecular weight excluding hydrogens is 422 g/mol. The minimum absolute atomic E-state index is 0.0592. The number of aromatic nitrogens is 1. The molecule has 0 fully saturated rings. The van der Waals surface area contributed by atoms with Crippen LogP contribution in [0, 0.1) is 0 Å². The number of hydrogen-bond acceptors (Lipinski definition) is 3. The van der Waals surface area contributed by atoms with Crippen LogP contribution in [0.3, 0.4) is 0 Å². The van der Waals surface area contributed by atoms with Gasteiger partial charge < -0.3 is 4.74 Å². The van der Waals surface area contributed by atoms with Gasteiger partial charge in [-0.1, -0.05) is 68.5 Å². The highest BCUT2D eigenvalue weighted by atomic mass is 16.5. The van der Waals surface area contributed by atoms with Crippen molar-refractivity contribution in [3.05, 3.63) is 89.3 Å². The van der Waals surface area contributed by atoms with Crippen molar-refractivity contribution in [3.8, 4) is 0 Å². The highest BCUT2D eigenvalue weighted by molar-refractivity contribution is 6.26. The Morgan fingerprint density at radius 2 is 1.26 bits per heavy atom. The van der Waals surface area contributed by atoms with Crippen LogP contribution in [0.5, 0.6) is 0 Å². The number of rotatable bonds is 12. The summed E-state index contributed by atoms with van der Waals surface area (Å²) < 4.78 is 7.69. The molecule has 0 spiro atoms. The Labute approximate surface area is 202 Å². The van der Waals surface area contributed by atoms with Crippen LogP contribution in [0.15, 0.2) is 78.2 Å². The summed E-state index contributed by atoms with van der Waals surface area (Å²) in [6.45, 7) is 1.06. The average molecular weight is 457 g/mol. The molecule has 176 valence electrons. The van der Waals surface area contributed by atoms with E-state index in [2.05, 4.69) is 47.2 Å². The zero-order valence-corrected chi connectivity index (χ0v) is 20.1. The number of allylic oxidation sites excluding steroid dienone is 2. The van der Waals surface area contributed by atoms with Crippen LogP contribution in [0.1, 0.15) is 78.5 Å². The van der Waals surface area contributed by atoms with E-state index in [-0.39, 0.29) is 17.3 Å². The highest BCUT2D eigenvalue weighted by Crippen LogP contribution is 2.29. The van der Waals surface area contributed by atoms with Crippen molar-refractivity contribution in [2.24, 2.45) is 0 Å². The van der Waals surface area contributed by atoms with Gasteiger partial charge in [-0.3, -0.25) is 9.59 Å². The normalized spacial score (nSPS) is 13.4. The molecule has 2 aromatic carbocycles. The number of ketones is 2. The number of benzene rings is 2. The standard InChI is InChI=1S/C30H34NO3/c1-34-30-26(28(32)24-17-10-11-18-25(24)29(30)33)19-8-6-4-2-3-5-7-13-21-31-22-14-16-23-15-9-12-20-27(23)31/h9-12,14-18,20,22H,2-8,13,19,21H2,1H3/q+1. The van der Waals surface area contributed by atoms with Gasteiger partial charge in [-0.05, 0) is 31.4 Å². The summed E-state index contributed by atoms with van der Waals surface area (Å²) in [5.41, 5.74) is 2.80. The second kappa shape index (κ2) is 11.7. The Kier molecular flexibility index (Phi) is 8.24. The van der Waals surface area contributed by atoms with Gasteiger partial charge in [0, 0.05) is 40.6 Å². The zero-order chi connectivity index (χ0) is 23.8. The number of hydrogen-bond donors (Lipinski definition) is 0. The lowest BCUT2D eigenvalue weighted by Crippen LogP contribution is -2.33. The van der Waals surface area contributed by atoms with Crippen molar-refractivity contribution in [2.45, 2.75) is 64.3 Å².